The van der Waals surface area contributed by atoms with Gasteiger partial charge >= 0.3 is 0 Å². The van der Waals surface area contributed by atoms with Crippen molar-refractivity contribution in [2.24, 2.45) is 0 Å². The van der Waals surface area contributed by atoms with Gasteiger partial charge in [-0.05, 0) is 37.8 Å². The zero-order valence-electron chi connectivity index (χ0n) is 17.5. The third-order valence-corrected chi connectivity index (χ3v) is 5.73. The predicted octanol–water partition coefficient (Wildman–Crippen LogP) is 1.64. The minimum absolute atomic E-state index is 0.0541. The van der Waals surface area contributed by atoms with E-state index in [2.05, 4.69) is 15.2 Å². The number of hydrogen-bond acceptors (Lipinski definition) is 5. The first-order valence-electron chi connectivity index (χ1n) is 10.3. The summed E-state index contributed by atoms with van der Waals surface area (Å²) in [6.07, 6.45) is 4.16. The number of nitrogens with zero attached hydrogens (tertiary/aromatic N) is 5. The van der Waals surface area contributed by atoms with Crippen molar-refractivity contribution in [2.45, 2.75) is 32.7 Å². The average molecular weight is 442 g/mol. The number of rotatable bonds is 2. The molecular formula is C21H23FN6O4. The molecule has 0 aliphatic carbocycles. The van der Waals surface area contributed by atoms with Gasteiger partial charge in [-0.25, -0.2) is 4.98 Å². The molecule has 0 spiro atoms. The molecule has 0 atom stereocenters. The van der Waals surface area contributed by atoms with Gasteiger partial charge in [0.15, 0.2) is 11.4 Å². The second-order valence-corrected chi connectivity index (χ2v) is 7.80. The van der Waals surface area contributed by atoms with Crippen LogP contribution in [0.25, 0.3) is 5.65 Å². The molecule has 168 valence electrons. The van der Waals surface area contributed by atoms with Gasteiger partial charge in [0.1, 0.15) is 5.65 Å². The Balaban J connectivity index is 0.000000775. The molecule has 5 rings (SSSR count). The Kier molecular flexibility index (Phi) is 5.89. The number of imidazole rings is 1. The van der Waals surface area contributed by atoms with Crippen molar-refractivity contribution in [3.05, 3.63) is 52.5 Å². The number of carbonyl (C=O) groups is 3. The van der Waals surface area contributed by atoms with E-state index in [1.807, 2.05) is 17.9 Å². The molecule has 0 unspecified atom stereocenters. The van der Waals surface area contributed by atoms with E-state index in [9.17, 15) is 14.0 Å². The molecule has 0 saturated carbocycles. The highest BCUT2D eigenvalue weighted by molar-refractivity contribution is 5.95. The lowest BCUT2D eigenvalue weighted by Gasteiger charge is -2.26. The number of hydrogen-bond donors (Lipinski definition) is 2. The highest BCUT2D eigenvalue weighted by Crippen LogP contribution is 2.24. The summed E-state index contributed by atoms with van der Waals surface area (Å²) in [5.41, 5.74) is 3.12. The highest BCUT2D eigenvalue weighted by Gasteiger charge is 2.32. The van der Waals surface area contributed by atoms with E-state index < -0.39 is 11.9 Å². The second kappa shape index (κ2) is 8.77. The van der Waals surface area contributed by atoms with E-state index in [0.29, 0.717) is 24.3 Å². The first-order chi connectivity index (χ1) is 15.4. The number of amides is 2. The molecule has 2 aliphatic heterocycles. The zero-order valence-corrected chi connectivity index (χ0v) is 17.5. The Morgan fingerprint density at radius 1 is 1.12 bits per heavy atom. The Morgan fingerprint density at radius 3 is 2.53 bits per heavy atom. The van der Waals surface area contributed by atoms with Crippen molar-refractivity contribution in [2.75, 3.05) is 19.6 Å². The number of carbonyl (C=O) groups excluding carboxylic acids is 2. The van der Waals surface area contributed by atoms with Crippen molar-refractivity contribution >= 4 is 23.9 Å². The molecule has 3 aromatic heterocycles. The molecule has 5 heterocycles. The van der Waals surface area contributed by atoms with Crippen LogP contribution in [0.3, 0.4) is 0 Å². The van der Waals surface area contributed by atoms with Crippen LogP contribution in [-0.2, 0) is 17.8 Å². The maximum Gasteiger partial charge on any atom is 0.290 e. The molecule has 2 N–H and O–H groups in total. The number of H-pyrrole nitrogens is 1. The molecule has 32 heavy (non-hydrogen) atoms. The van der Waals surface area contributed by atoms with Crippen LogP contribution >= 0.6 is 0 Å². The summed E-state index contributed by atoms with van der Waals surface area (Å²) >= 11 is 0. The van der Waals surface area contributed by atoms with E-state index in [-0.39, 0.29) is 24.6 Å². The van der Waals surface area contributed by atoms with Gasteiger partial charge in [0.2, 0.25) is 5.95 Å². The van der Waals surface area contributed by atoms with Gasteiger partial charge in [0.05, 0.1) is 12.2 Å². The van der Waals surface area contributed by atoms with Crippen LogP contribution in [0.2, 0.25) is 0 Å². The number of carboxylic acid groups (broad SMARTS) is 1. The number of nitrogens with one attached hydrogen (secondary N) is 1. The number of pyridine rings is 1. The maximum atomic E-state index is 14.8. The molecule has 1 saturated heterocycles. The maximum absolute atomic E-state index is 14.8. The van der Waals surface area contributed by atoms with Crippen molar-refractivity contribution in [3.8, 4) is 0 Å². The summed E-state index contributed by atoms with van der Waals surface area (Å²) in [6.45, 7) is 3.76. The third kappa shape index (κ3) is 3.81. The molecule has 1 fully saturated rings. The number of aromatic nitrogens is 4. The van der Waals surface area contributed by atoms with E-state index in [4.69, 9.17) is 9.90 Å². The van der Waals surface area contributed by atoms with Crippen LogP contribution in [0.15, 0.2) is 18.3 Å². The van der Waals surface area contributed by atoms with Crippen LogP contribution < -0.4 is 0 Å². The van der Waals surface area contributed by atoms with Crippen LogP contribution in [0, 0.1) is 12.9 Å². The molecule has 0 aromatic carbocycles. The van der Waals surface area contributed by atoms with Gasteiger partial charge in [-0.3, -0.25) is 23.9 Å². The van der Waals surface area contributed by atoms with E-state index in [0.717, 1.165) is 42.8 Å². The number of fused-ring (bicyclic) bond motifs is 2. The molecule has 10 nitrogen and oxygen atoms in total. The van der Waals surface area contributed by atoms with Gasteiger partial charge in [0.25, 0.3) is 18.3 Å². The lowest BCUT2D eigenvalue weighted by atomic mass is 10.0. The number of likely N-dealkylation sites (tertiary alicyclic amines) is 1. The summed E-state index contributed by atoms with van der Waals surface area (Å²) in [7, 11) is 0. The fourth-order valence-electron chi connectivity index (χ4n) is 4.15. The van der Waals surface area contributed by atoms with Crippen molar-refractivity contribution in [1.29, 1.82) is 0 Å². The van der Waals surface area contributed by atoms with E-state index >= 15 is 0 Å². The number of aryl methyl sites for hydroxylation is 1. The standard InChI is InChI=1S/C20H21FN6O2.CH2O2/c1-12-4-5-15-22-17(18(21)27(15)10-12)20(29)26-9-6-13-14(11-26)23-24-16(13)19(28)25-7-2-3-8-25;2-1-3/h4-5,10H,2-3,6-9,11H2,1H3,(H,23,24);1H,(H,2,3). The molecule has 2 aliphatic rings. The Bertz CT molecular complexity index is 1180. The highest BCUT2D eigenvalue weighted by atomic mass is 19.1. The number of aromatic amines is 1. The summed E-state index contributed by atoms with van der Waals surface area (Å²) in [6, 6.07) is 3.52. The van der Waals surface area contributed by atoms with Crippen LogP contribution in [0.1, 0.15) is 50.6 Å². The minimum atomic E-state index is -0.658. The summed E-state index contributed by atoms with van der Waals surface area (Å²) in [4.78, 5) is 41.5. The largest absolute Gasteiger partial charge is 0.483 e. The van der Waals surface area contributed by atoms with Crippen LogP contribution in [-0.4, -0.2) is 72.4 Å². The molecule has 3 aromatic rings. The third-order valence-electron chi connectivity index (χ3n) is 5.73. The monoisotopic (exact) mass is 442 g/mol. The summed E-state index contributed by atoms with van der Waals surface area (Å²) < 4.78 is 16.1. The van der Waals surface area contributed by atoms with Gasteiger partial charge in [-0.2, -0.15) is 9.49 Å². The van der Waals surface area contributed by atoms with Crippen molar-refractivity contribution in [1.82, 2.24) is 29.4 Å². The summed E-state index contributed by atoms with van der Waals surface area (Å²) in [5.74, 6) is -1.17. The zero-order chi connectivity index (χ0) is 22.8. The first-order valence-corrected chi connectivity index (χ1v) is 10.3. The molecular weight excluding hydrogens is 419 g/mol. The fourth-order valence-corrected chi connectivity index (χ4v) is 4.15. The normalized spacial score (nSPS) is 15.3. The molecule has 0 radical (unpaired) electrons. The Hall–Kier alpha value is -3.76. The van der Waals surface area contributed by atoms with Crippen LogP contribution in [0.4, 0.5) is 4.39 Å². The minimum Gasteiger partial charge on any atom is -0.483 e. The summed E-state index contributed by atoms with van der Waals surface area (Å²) in [5, 5.41) is 14.0. The van der Waals surface area contributed by atoms with Gasteiger partial charge in [0, 0.05) is 31.4 Å². The van der Waals surface area contributed by atoms with Crippen LogP contribution in [0.5, 0.6) is 0 Å². The lowest BCUT2D eigenvalue weighted by molar-refractivity contribution is -0.122. The molecule has 2 amide bonds. The Labute approximate surface area is 182 Å². The first kappa shape index (κ1) is 21.5. The van der Waals surface area contributed by atoms with Gasteiger partial charge in [-0.15, -0.1) is 0 Å². The number of halogens is 1. The average Bonchev–Trinajstić information content (AvgIpc) is 3.53. The smallest absolute Gasteiger partial charge is 0.290 e. The fraction of sp³-hybridized carbons (Fsp3) is 0.381. The lowest BCUT2D eigenvalue weighted by Crippen LogP contribution is -2.37. The second-order valence-electron chi connectivity index (χ2n) is 7.80. The van der Waals surface area contributed by atoms with E-state index in [1.54, 1.807) is 17.2 Å². The molecule has 11 heteroatoms. The molecule has 0 bridgehead atoms. The van der Waals surface area contributed by atoms with E-state index in [1.165, 1.54) is 4.40 Å². The van der Waals surface area contributed by atoms with Gasteiger partial charge in [-0.1, -0.05) is 6.07 Å². The SMILES string of the molecule is Cc1ccc2nc(C(=O)N3CCc4c(C(=O)N5CCCC5)n[nH]c4C3)c(F)n2c1.O=CO. The van der Waals surface area contributed by atoms with Crippen molar-refractivity contribution in [3.63, 3.8) is 0 Å². The topological polar surface area (TPSA) is 124 Å². The predicted molar refractivity (Wildman–Crippen MR) is 111 cm³/mol. The Morgan fingerprint density at radius 2 is 1.81 bits per heavy atom. The quantitative estimate of drug-likeness (QED) is 0.582. The van der Waals surface area contributed by atoms with Gasteiger partial charge < -0.3 is 14.9 Å². The van der Waals surface area contributed by atoms with Crippen molar-refractivity contribution < 1.29 is 23.9 Å².